The van der Waals surface area contributed by atoms with Crippen LogP contribution in [0.3, 0.4) is 0 Å². The van der Waals surface area contributed by atoms with E-state index in [1.807, 2.05) is 36.4 Å². The Hall–Kier alpha value is -3.11. The summed E-state index contributed by atoms with van der Waals surface area (Å²) in [6, 6.07) is 15.4. The van der Waals surface area contributed by atoms with E-state index in [2.05, 4.69) is 46.8 Å². The molecule has 0 radical (unpaired) electrons. The maximum atomic E-state index is 12.6. The number of hydrogen-bond acceptors (Lipinski definition) is 7. The van der Waals surface area contributed by atoms with Crippen LogP contribution in [-0.4, -0.2) is 63.9 Å². The topological polar surface area (TPSA) is 90.5 Å². The van der Waals surface area contributed by atoms with E-state index in [4.69, 9.17) is 0 Å². The Morgan fingerprint density at radius 1 is 0.939 bits per heavy atom. The minimum absolute atomic E-state index is 0.0435. The lowest BCUT2D eigenvalue weighted by Crippen LogP contribution is -2.52. The lowest BCUT2D eigenvalue weighted by molar-refractivity contribution is -0.129. The Morgan fingerprint density at radius 3 is 2.39 bits per heavy atom. The predicted molar refractivity (Wildman–Crippen MR) is 133 cm³/mol. The van der Waals surface area contributed by atoms with Crippen LogP contribution in [0, 0.1) is 13.8 Å². The molecule has 1 fully saturated rings. The number of carbonyl (C=O) groups excluding carboxylic acids is 2. The summed E-state index contributed by atoms with van der Waals surface area (Å²) < 4.78 is 0.746. The summed E-state index contributed by atoms with van der Waals surface area (Å²) in [7, 11) is 0. The van der Waals surface area contributed by atoms with E-state index in [1.54, 1.807) is 9.80 Å². The average Bonchev–Trinajstić information content (AvgIpc) is 3.28. The Morgan fingerprint density at radius 2 is 1.67 bits per heavy atom. The van der Waals surface area contributed by atoms with Crippen molar-refractivity contribution >= 4 is 51.5 Å². The van der Waals surface area contributed by atoms with E-state index in [9.17, 15) is 9.59 Å². The smallest absolute Gasteiger partial charge is 0.321 e. The molecule has 3 aromatic rings. The highest BCUT2D eigenvalue weighted by Gasteiger charge is 2.24. The molecule has 0 atom stereocenters. The van der Waals surface area contributed by atoms with Crippen molar-refractivity contribution in [3.63, 3.8) is 0 Å². The second-order valence-corrected chi connectivity index (χ2v) is 9.95. The van der Waals surface area contributed by atoms with Crippen LogP contribution in [0.1, 0.15) is 11.1 Å². The summed E-state index contributed by atoms with van der Waals surface area (Å²) in [5.41, 5.74) is 4.18. The third-order valence-electron chi connectivity index (χ3n) is 5.43. The van der Waals surface area contributed by atoms with Crippen LogP contribution in [-0.2, 0) is 4.79 Å². The zero-order chi connectivity index (χ0) is 23.2. The lowest BCUT2D eigenvalue weighted by Gasteiger charge is -2.34. The molecule has 0 saturated carbocycles. The zero-order valence-corrected chi connectivity index (χ0v) is 20.2. The van der Waals surface area contributed by atoms with Gasteiger partial charge in [-0.3, -0.25) is 4.79 Å². The zero-order valence-electron chi connectivity index (χ0n) is 18.6. The molecule has 8 nitrogen and oxygen atoms in total. The summed E-state index contributed by atoms with van der Waals surface area (Å²) in [5.74, 6) is 0.344. The van der Waals surface area contributed by atoms with Crippen LogP contribution in [0.5, 0.6) is 0 Å². The lowest BCUT2D eigenvalue weighted by atomic mass is 10.1. The van der Waals surface area contributed by atoms with Crippen LogP contribution in [0.25, 0.3) is 0 Å². The Balaban J connectivity index is 1.21. The largest absolute Gasteiger partial charge is 0.338 e. The summed E-state index contributed by atoms with van der Waals surface area (Å²) in [5, 5.41) is 15.2. The normalized spacial score (nSPS) is 13.6. The number of nitrogens with one attached hydrogen (secondary N) is 2. The standard InChI is InChI=1S/C23H26N6O2S2/c1-16-8-9-19(14-17(16)2)24-21-26-27-23(33-21)32-15-20(30)28-10-12-29(13-11-28)22(31)25-18-6-4-3-5-7-18/h3-9,14H,10-13,15H2,1-2H3,(H,24,26)(H,25,31). The molecule has 1 aliphatic rings. The Labute approximate surface area is 201 Å². The third kappa shape index (κ3) is 6.23. The molecule has 4 rings (SSSR count). The number of anilines is 3. The number of benzene rings is 2. The fourth-order valence-electron chi connectivity index (χ4n) is 3.36. The number of rotatable bonds is 6. The van der Waals surface area contributed by atoms with Crippen molar-refractivity contribution in [3.8, 4) is 0 Å². The first-order valence-electron chi connectivity index (χ1n) is 10.7. The highest BCUT2D eigenvalue weighted by Crippen LogP contribution is 2.28. The highest BCUT2D eigenvalue weighted by molar-refractivity contribution is 8.01. The molecule has 2 heterocycles. The van der Waals surface area contributed by atoms with Gasteiger partial charge in [0.1, 0.15) is 0 Å². The van der Waals surface area contributed by atoms with Gasteiger partial charge in [0.05, 0.1) is 5.75 Å². The van der Waals surface area contributed by atoms with Gasteiger partial charge in [-0.2, -0.15) is 0 Å². The van der Waals surface area contributed by atoms with E-state index < -0.39 is 0 Å². The summed E-state index contributed by atoms with van der Waals surface area (Å²) >= 11 is 2.82. The molecular weight excluding hydrogens is 456 g/mol. The van der Waals surface area contributed by atoms with Crippen molar-refractivity contribution < 1.29 is 9.59 Å². The molecule has 10 heteroatoms. The molecule has 0 aliphatic carbocycles. The van der Waals surface area contributed by atoms with E-state index in [-0.39, 0.29) is 11.9 Å². The van der Waals surface area contributed by atoms with Gasteiger partial charge in [-0.05, 0) is 49.2 Å². The van der Waals surface area contributed by atoms with Crippen LogP contribution < -0.4 is 10.6 Å². The van der Waals surface area contributed by atoms with Gasteiger partial charge in [-0.1, -0.05) is 47.4 Å². The van der Waals surface area contributed by atoms with Crippen molar-refractivity contribution in [1.29, 1.82) is 0 Å². The van der Waals surface area contributed by atoms with Crippen LogP contribution in [0.2, 0.25) is 0 Å². The number of carbonyl (C=O) groups is 2. The first kappa shape index (κ1) is 23.1. The highest BCUT2D eigenvalue weighted by atomic mass is 32.2. The van der Waals surface area contributed by atoms with Gasteiger partial charge in [-0.15, -0.1) is 10.2 Å². The second kappa shape index (κ2) is 10.7. The molecular formula is C23H26N6O2S2. The number of thioether (sulfide) groups is 1. The number of para-hydroxylation sites is 1. The summed E-state index contributed by atoms with van der Waals surface area (Å²) in [6.45, 7) is 6.22. The SMILES string of the molecule is Cc1ccc(Nc2nnc(SCC(=O)N3CCN(C(=O)Nc4ccccc4)CC3)s2)cc1C. The van der Waals surface area contributed by atoms with Gasteiger partial charge >= 0.3 is 6.03 Å². The molecule has 0 unspecified atom stereocenters. The maximum absolute atomic E-state index is 12.6. The van der Waals surface area contributed by atoms with Crippen molar-refractivity contribution in [2.24, 2.45) is 0 Å². The monoisotopic (exact) mass is 482 g/mol. The summed E-state index contributed by atoms with van der Waals surface area (Å²) in [4.78, 5) is 28.6. The number of piperazine rings is 1. The van der Waals surface area contributed by atoms with E-state index in [0.717, 1.165) is 15.7 Å². The number of amides is 3. The molecule has 33 heavy (non-hydrogen) atoms. The van der Waals surface area contributed by atoms with Gasteiger partial charge in [0, 0.05) is 37.6 Å². The quantitative estimate of drug-likeness (QED) is 0.507. The molecule has 1 saturated heterocycles. The molecule has 0 spiro atoms. The molecule has 2 aromatic carbocycles. The Kier molecular flexibility index (Phi) is 7.46. The molecule has 3 amide bonds. The number of hydrogen-bond donors (Lipinski definition) is 2. The van der Waals surface area contributed by atoms with Crippen molar-refractivity contribution in [2.75, 3.05) is 42.6 Å². The van der Waals surface area contributed by atoms with Gasteiger partial charge in [0.2, 0.25) is 11.0 Å². The minimum atomic E-state index is -0.139. The molecule has 172 valence electrons. The predicted octanol–water partition coefficient (Wildman–Crippen LogP) is 4.37. The van der Waals surface area contributed by atoms with E-state index in [0.29, 0.717) is 37.1 Å². The number of aromatic nitrogens is 2. The first-order valence-corrected chi connectivity index (χ1v) is 12.5. The van der Waals surface area contributed by atoms with Crippen LogP contribution >= 0.6 is 23.1 Å². The number of urea groups is 1. The van der Waals surface area contributed by atoms with Gasteiger partial charge in [0.15, 0.2) is 4.34 Å². The fraction of sp³-hybridized carbons (Fsp3) is 0.304. The number of aryl methyl sites for hydroxylation is 2. The minimum Gasteiger partial charge on any atom is -0.338 e. The molecule has 0 bridgehead atoms. The van der Waals surface area contributed by atoms with Gasteiger partial charge < -0.3 is 20.4 Å². The molecule has 1 aromatic heterocycles. The number of nitrogens with zero attached hydrogens (tertiary/aromatic N) is 4. The van der Waals surface area contributed by atoms with Crippen LogP contribution in [0.15, 0.2) is 52.9 Å². The van der Waals surface area contributed by atoms with E-state index in [1.165, 1.54) is 34.2 Å². The van der Waals surface area contributed by atoms with Gasteiger partial charge in [0.25, 0.3) is 0 Å². The molecule has 1 aliphatic heterocycles. The van der Waals surface area contributed by atoms with Crippen molar-refractivity contribution in [2.45, 2.75) is 18.2 Å². The second-order valence-electron chi connectivity index (χ2n) is 7.75. The Bertz CT molecular complexity index is 1110. The van der Waals surface area contributed by atoms with Crippen molar-refractivity contribution in [1.82, 2.24) is 20.0 Å². The van der Waals surface area contributed by atoms with E-state index >= 15 is 0 Å². The summed E-state index contributed by atoms with van der Waals surface area (Å²) in [6.07, 6.45) is 0. The van der Waals surface area contributed by atoms with Gasteiger partial charge in [-0.25, -0.2) is 4.79 Å². The first-order chi connectivity index (χ1) is 16.0. The maximum Gasteiger partial charge on any atom is 0.321 e. The van der Waals surface area contributed by atoms with Crippen molar-refractivity contribution in [3.05, 3.63) is 59.7 Å². The fourth-order valence-corrected chi connectivity index (χ4v) is 5.03. The van der Waals surface area contributed by atoms with Crippen LogP contribution in [0.4, 0.5) is 21.3 Å². The third-order valence-corrected chi connectivity index (χ3v) is 7.39. The molecule has 2 N–H and O–H groups in total. The average molecular weight is 483 g/mol.